The number of nitrogens with zero attached hydrogens (tertiary/aromatic N) is 1. The summed E-state index contributed by atoms with van der Waals surface area (Å²) in [6.07, 6.45) is 6.95. The SMILES string of the molecule is CC(C)(C)c1ccccc1N(CCC(=O)NC1CCCCC1)S(C)(=O)=O. The van der Waals surface area contributed by atoms with E-state index in [1.807, 2.05) is 24.3 Å². The topological polar surface area (TPSA) is 66.5 Å². The van der Waals surface area contributed by atoms with Crippen molar-refractivity contribution in [1.29, 1.82) is 0 Å². The van der Waals surface area contributed by atoms with Crippen LogP contribution in [0.25, 0.3) is 0 Å². The minimum Gasteiger partial charge on any atom is -0.353 e. The molecule has 1 aliphatic rings. The molecule has 1 N–H and O–H groups in total. The van der Waals surface area contributed by atoms with E-state index >= 15 is 0 Å². The van der Waals surface area contributed by atoms with Gasteiger partial charge in [-0.05, 0) is 29.9 Å². The van der Waals surface area contributed by atoms with Crippen LogP contribution < -0.4 is 9.62 Å². The molecule has 0 atom stereocenters. The number of anilines is 1. The molecule has 0 bridgehead atoms. The predicted octanol–water partition coefficient (Wildman–Crippen LogP) is 3.59. The molecule has 1 aromatic carbocycles. The Kier molecular flexibility index (Phi) is 6.72. The second kappa shape index (κ2) is 8.42. The molecule has 1 aromatic rings. The van der Waals surface area contributed by atoms with E-state index in [9.17, 15) is 13.2 Å². The Morgan fingerprint density at radius 3 is 2.35 bits per heavy atom. The first-order chi connectivity index (χ1) is 12.1. The summed E-state index contributed by atoms with van der Waals surface area (Å²) in [6, 6.07) is 7.77. The minimum absolute atomic E-state index is 0.0706. The summed E-state index contributed by atoms with van der Waals surface area (Å²) >= 11 is 0. The predicted molar refractivity (Wildman–Crippen MR) is 107 cm³/mol. The zero-order valence-corrected chi connectivity index (χ0v) is 17.2. The zero-order chi connectivity index (χ0) is 19.4. The van der Waals surface area contributed by atoms with Crippen molar-refractivity contribution in [3.05, 3.63) is 29.8 Å². The summed E-state index contributed by atoms with van der Waals surface area (Å²) < 4.78 is 26.2. The fourth-order valence-corrected chi connectivity index (χ4v) is 4.48. The molecular weight excluding hydrogens is 348 g/mol. The Hall–Kier alpha value is -1.56. The lowest BCUT2D eigenvalue weighted by Crippen LogP contribution is -2.39. The first kappa shape index (κ1) is 20.7. The van der Waals surface area contributed by atoms with Crippen LogP contribution in [0, 0.1) is 0 Å². The van der Waals surface area contributed by atoms with Gasteiger partial charge in [0.15, 0.2) is 0 Å². The number of para-hydroxylation sites is 1. The normalized spacial score (nSPS) is 16.3. The molecule has 0 radical (unpaired) electrons. The largest absolute Gasteiger partial charge is 0.353 e. The highest BCUT2D eigenvalue weighted by atomic mass is 32.2. The second-order valence-electron chi connectivity index (χ2n) is 8.25. The van der Waals surface area contributed by atoms with Crippen molar-refractivity contribution in [2.45, 2.75) is 70.8 Å². The van der Waals surface area contributed by atoms with Crippen LogP contribution in [0.15, 0.2) is 24.3 Å². The highest BCUT2D eigenvalue weighted by Gasteiger charge is 2.26. The van der Waals surface area contributed by atoms with Crippen LogP contribution in [0.1, 0.15) is 64.9 Å². The van der Waals surface area contributed by atoms with Gasteiger partial charge < -0.3 is 5.32 Å². The van der Waals surface area contributed by atoms with Gasteiger partial charge in [0, 0.05) is 19.0 Å². The van der Waals surface area contributed by atoms with Gasteiger partial charge in [-0.3, -0.25) is 9.10 Å². The third-order valence-corrected chi connectivity index (χ3v) is 6.07. The van der Waals surface area contributed by atoms with Crippen LogP contribution in [-0.2, 0) is 20.2 Å². The number of sulfonamides is 1. The standard InChI is InChI=1S/C20H32N2O3S/c1-20(2,3)17-12-8-9-13-18(17)22(26(4,24)25)15-14-19(23)21-16-10-6-5-7-11-16/h8-9,12-13,16H,5-7,10-11,14-15H2,1-4H3,(H,21,23). The van der Waals surface area contributed by atoms with E-state index in [0.717, 1.165) is 31.2 Å². The van der Waals surface area contributed by atoms with Gasteiger partial charge in [-0.2, -0.15) is 0 Å². The fraction of sp³-hybridized carbons (Fsp3) is 0.650. The third kappa shape index (κ3) is 5.73. The van der Waals surface area contributed by atoms with Crippen LogP contribution in [0.5, 0.6) is 0 Å². The number of carbonyl (C=O) groups excluding carboxylic acids is 1. The molecular formula is C20H32N2O3S. The van der Waals surface area contributed by atoms with Crippen molar-refractivity contribution in [3.63, 3.8) is 0 Å². The molecule has 1 saturated carbocycles. The van der Waals surface area contributed by atoms with Gasteiger partial charge in [0.2, 0.25) is 15.9 Å². The lowest BCUT2D eigenvalue weighted by molar-refractivity contribution is -0.121. The van der Waals surface area contributed by atoms with Crippen LogP contribution in [0.2, 0.25) is 0 Å². The zero-order valence-electron chi connectivity index (χ0n) is 16.4. The maximum absolute atomic E-state index is 12.4. The third-order valence-electron chi connectivity index (χ3n) is 4.89. The van der Waals surface area contributed by atoms with E-state index in [-0.39, 0.29) is 30.3 Å². The fourth-order valence-electron chi connectivity index (χ4n) is 3.54. The molecule has 0 aliphatic heterocycles. The molecule has 2 rings (SSSR count). The lowest BCUT2D eigenvalue weighted by Gasteiger charge is -2.30. The van der Waals surface area contributed by atoms with Crippen molar-refractivity contribution in [1.82, 2.24) is 5.32 Å². The van der Waals surface area contributed by atoms with Crippen molar-refractivity contribution >= 4 is 21.6 Å². The molecule has 146 valence electrons. The molecule has 0 unspecified atom stereocenters. The smallest absolute Gasteiger partial charge is 0.232 e. The van der Waals surface area contributed by atoms with E-state index in [4.69, 9.17) is 0 Å². The number of hydrogen-bond acceptors (Lipinski definition) is 3. The first-order valence-corrected chi connectivity index (χ1v) is 11.3. The van der Waals surface area contributed by atoms with Crippen molar-refractivity contribution < 1.29 is 13.2 Å². The molecule has 0 heterocycles. The highest BCUT2D eigenvalue weighted by Crippen LogP contribution is 2.33. The highest BCUT2D eigenvalue weighted by molar-refractivity contribution is 7.92. The summed E-state index contributed by atoms with van der Waals surface area (Å²) in [5.74, 6) is -0.0706. The number of benzene rings is 1. The van der Waals surface area contributed by atoms with Crippen LogP contribution in [0.4, 0.5) is 5.69 Å². The van der Waals surface area contributed by atoms with Crippen LogP contribution >= 0.6 is 0 Å². The minimum atomic E-state index is -3.48. The number of hydrogen-bond donors (Lipinski definition) is 1. The van der Waals surface area contributed by atoms with Crippen LogP contribution in [0.3, 0.4) is 0 Å². The summed E-state index contributed by atoms with van der Waals surface area (Å²) in [4.78, 5) is 12.3. The second-order valence-corrected chi connectivity index (χ2v) is 10.2. The quantitative estimate of drug-likeness (QED) is 0.820. The Morgan fingerprint density at radius 1 is 1.15 bits per heavy atom. The van der Waals surface area contributed by atoms with Gasteiger partial charge in [-0.25, -0.2) is 8.42 Å². The van der Waals surface area contributed by atoms with Gasteiger partial charge in [0.1, 0.15) is 0 Å². The average Bonchev–Trinajstić information content (AvgIpc) is 2.54. The van der Waals surface area contributed by atoms with Crippen LogP contribution in [-0.4, -0.2) is 33.2 Å². The average molecular weight is 381 g/mol. The summed E-state index contributed by atoms with van der Waals surface area (Å²) in [5.41, 5.74) is 1.43. The van der Waals surface area contributed by atoms with E-state index in [2.05, 4.69) is 26.1 Å². The number of amides is 1. The Bertz CT molecular complexity index is 717. The Balaban J connectivity index is 2.13. The molecule has 26 heavy (non-hydrogen) atoms. The monoisotopic (exact) mass is 380 g/mol. The summed E-state index contributed by atoms with van der Waals surface area (Å²) in [7, 11) is -3.48. The molecule has 5 nitrogen and oxygen atoms in total. The molecule has 1 amide bonds. The van der Waals surface area contributed by atoms with E-state index in [1.54, 1.807) is 0 Å². The lowest BCUT2D eigenvalue weighted by atomic mass is 9.86. The molecule has 1 fully saturated rings. The summed E-state index contributed by atoms with van der Waals surface area (Å²) in [5, 5.41) is 3.06. The molecule has 0 saturated heterocycles. The van der Waals surface area contributed by atoms with E-state index < -0.39 is 10.0 Å². The molecule has 1 aliphatic carbocycles. The van der Waals surface area contributed by atoms with Gasteiger partial charge in [-0.15, -0.1) is 0 Å². The molecule has 0 spiro atoms. The van der Waals surface area contributed by atoms with E-state index in [1.165, 1.54) is 17.0 Å². The maximum Gasteiger partial charge on any atom is 0.232 e. The van der Waals surface area contributed by atoms with Crippen molar-refractivity contribution in [2.75, 3.05) is 17.1 Å². The van der Waals surface area contributed by atoms with Gasteiger partial charge in [0.25, 0.3) is 0 Å². The number of rotatable bonds is 6. The van der Waals surface area contributed by atoms with Gasteiger partial charge in [-0.1, -0.05) is 58.2 Å². The van der Waals surface area contributed by atoms with Gasteiger partial charge in [0.05, 0.1) is 11.9 Å². The Labute approximate surface area is 158 Å². The van der Waals surface area contributed by atoms with Crippen molar-refractivity contribution in [3.8, 4) is 0 Å². The van der Waals surface area contributed by atoms with E-state index in [0.29, 0.717) is 5.69 Å². The number of carbonyl (C=O) groups is 1. The maximum atomic E-state index is 12.4. The Morgan fingerprint density at radius 2 is 1.77 bits per heavy atom. The summed E-state index contributed by atoms with van der Waals surface area (Å²) in [6.45, 7) is 6.33. The van der Waals surface area contributed by atoms with Crippen molar-refractivity contribution in [2.24, 2.45) is 0 Å². The first-order valence-electron chi connectivity index (χ1n) is 9.45. The molecule has 0 aromatic heterocycles. The molecule has 6 heteroatoms. The van der Waals surface area contributed by atoms with Gasteiger partial charge >= 0.3 is 0 Å². The number of nitrogens with one attached hydrogen (secondary N) is 1.